The fourth-order valence-electron chi connectivity index (χ4n) is 3.29. The molecule has 0 saturated heterocycles. The predicted molar refractivity (Wildman–Crippen MR) is 145 cm³/mol. The Balaban J connectivity index is 1.44. The summed E-state index contributed by atoms with van der Waals surface area (Å²) in [5.74, 6) is -0.619. The van der Waals surface area contributed by atoms with E-state index in [1.165, 1.54) is 60.8 Å². The summed E-state index contributed by atoms with van der Waals surface area (Å²) in [4.78, 5) is 20.7. The second kappa shape index (κ2) is 10.8. The summed E-state index contributed by atoms with van der Waals surface area (Å²) in [5, 5.41) is 2.65. The molecular formula is C25H22ClN5O5S2. The normalized spacial score (nSPS) is 11.6. The molecule has 13 heteroatoms. The van der Waals surface area contributed by atoms with Crippen LogP contribution in [0.25, 0.3) is 0 Å². The van der Waals surface area contributed by atoms with Gasteiger partial charge in [-0.3, -0.25) is 9.52 Å². The van der Waals surface area contributed by atoms with E-state index in [1.807, 2.05) is 6.92 Å². The van der Waals surface area contributed by atoms with Gasteiger partial charge in [0.25, 0.3) is 26.0 Å². The van der Waals surface area contributed by atoms with Crippen molar-refractivity contribution in [2.75, 3.05) is 14.8 Å². The SMILES string of the molecule is Cc1ccc(S(=O)(=O)Nc2ccc(C(=O)Nc3ccc(S(=O)(=O)Nc4nccc(C)n4)cc3)c(Cl)c2)cc1. The maximum absolute atomic E-state index is 12.8. The number of hydrogen-bond donors (Lipinski definition) is 3. The van der Waals surface area contributed by atoms with Crippen LogP contribution >= 0.6 is 11.6 Å². The number of nitrogens with zero attached hydrogens (tertiary/aromatic N) is 2. The number of amides is 1. The number of benzene rings is 3. The molecular weight excluding hydrogens is 550 g/mol. The number of hydrogen-bond acceptors (Lipinski definition) is 7. The molecule has 10 nitrogen and oxygen atoms in total. The molecule has 38 heavy (non-hydrogen) atoms. The van der Waals surface area contributed by atoms with Crippen LogP contribution in [0.2, 0.25) is 5.02 Å². The standard InChI is InChI=1S/C25H22ClN5O5S2/c1-16-3-8-20(9-4-16)37(33,34)30-19-7-12-22(23(26)15-19)24(32)29-18-5-10-21(11-6-18)38(35,36)31-25-27-14-13-17(2)28-25/h3-15,30H,1-2H3,(H,29,32)(H,27,28,31). The van der Waals surface area contributed by atoms with E-state index < -0.39 is 26.0 Å². The molecule has 3 aromatic carbocycles. The zero-order valence-electron chi connectivity index (χ0n) is 20.1. The molecule has 4 aromatic rings. The highest BCUT2D eigenvalue weighted by Crippen LogP contribution is 2.25. The van der Waals surface area contributed by atoms with Crippen LogP contribution in [0.1, 0.15) is 21.6 Å². The highest BCUT2D eigenvalue weighted by atomic mass is 35.5. The van der Waals surface area contributed by atoms with E-state index in [4.69, 9.17) is 11.6 Å². The van der Waals surface area contributed by atoms with Gasteiger partial charge in [0.15, 0.2) is 0 Å². The molecule has 0 atom stereocenters. The average Bonchev–Trinajstić information content (AvgIpc) is 2.84. The molecule has 0 aliphatic rings. The lowest BCUT2D eigenvalue weighted by atomic mass is 10.2. The number of aryl methyl sites for hydroxylation is 2. The fourth-order valence-corrected chi connectivity index (χ4v) is 5.55. The zero-order valence-corrected chi connectivity index (χ0v) is 22.5. The van der Waals surface area contributed by atoms with Crippen LogP contribution in [0.4, 0.5) is 17.3 Å². The molecule has 4 rings (SSSR count). The third-order valence-corrected chi connectivity index (χ3v) is 8.29. The molecule has 1 heterocycles. The minimum atomic E-state index is -3.94. The van der Waals surface area contributed by atoms with Crippen molar-refractivity contribution in [1.82, 2.24) is 9.97 Å². The van der Waals surface area contributed by atoms with Crippen molar-refractivity contribution in [2.45, 2.75) is 23.6 Å². The smallest absolute Gasteiger partial charge is 0.264 e. The molecule has 0 aliphatic heterocycles. The van der Waals surface area contributed by atoms with E-state index in [0.29, 0.717) is 11.4 Å². The second-order valence-corrected chi connectivity index (χ2v) is 12.0. The van der Waals surface area contributed by atoms with Gasteiger partial charge in [-0.2, -0.15) is 0 Å². The quantitative estimate of drug-likeness (QED) is 0.280. The van der Waals surface area contributed by atoms with Crippen LogP contribution in [0.3, 0.4) is 0 Å². The molecule has 0 aliphatic carbocycles. The highest BCUT2D eigenvalue weighted by molar-refractivity contribution is 7.93. The Kier molecular flexibility index (Phi) is 7.67. The van der Waals surface area contributed by atoms with Crippen LogP contribution < -0.4 is 14.8 Å². The van der Waals surface area contributed by atoms with E-state index in [1.54, 1.807) is 25.1 Å². The monoisotopic (exact) mass is 571 g/mol. The van der Waals surface area contributed by atoms with Crippen LogP contribution in [0.15, 0.2) is 88.8 Å². The van der Waals surface area contributed by atoms with Gasteiger partial charge >= 0.3 is 0 Å². The number of carbonyl (C=O) groups excluding carboxylic acids is 1. The fraction of sp³-hybridized carbons (Fsp3) is 0.0800. The van der Waals surface area contributed by atoms with E-state index in [2.05, 4.69) is 24.7 Å². The molecule has 0 radical (unpaired) electrons. The van der Waals surface area contributed by atoms with Gasteiger partial charge in [0.1, 0.15) is 0 Å². The number of nitrogens with one attached hydrogen (secondary N) is 3. The first-order chi connectivity index (χ1) is 17.9. The minimum absolute atomic E-state index is 0.0214. The lowest BCUT2D eigenvalue weighted by Gasteiger charge is -2.11. The van der Waals surface area contributed by atoms with Gasteiger partial charge < -0.3 is 5.32 Å². The number of aromatic nitrogens is 2. The first-order valence-electron chi connectivity index (χ1n) is 11.1. The third-order valence-electron chi connectivity index (χ3n) is 5.24. The van der Waals surface area contributed by atoms with Gasteiger partial charge in [0, 0.05) is 17.6 Å². The Morgan fingerprint density at radius 1 is 0.763 bits per heavy atom. The number of halogens is 1. The Morgan fingerprint density at radius 2 is 1.34 bits per heavy atom. The highest BCUT2D eigenvalue weighted by Gasteiger charge is 2.18. The average molecular weight is 572 g/mol. The summed E-state index contributed by atoms with van der Waals surface area (Å²) in [6, 6.07) is 17.6. The summed E-state index contributed by atoms with van der Waals surface area (Å²) in [5.41, 5.74) is 2.13. The summed E-state index contributed by atoms with van der Waals surface area (Å²) in [6.07, 6.45) is 1.44. The summed E-state index contributed by atoms with van der Waals surface area (Å²) in [6.45, 7) is 3.56. The first-order valence-corrected chi connectivity index (χ1v) is 14.4. The Labute approximate surface area is 225 Å². The van der Waals surface area contributed by atoms with Crippen LogP contribution in [-0.2, 0) is 20.0 Å². The predicted octanol–water partition coefficient (Wildman–Crippen LogP) is 4.60. The van der Waals surface area contributed by atoms with Crippen molar-refractivity contribution in [3.05, 3.63) is 101 Å². The Bertz CT molecular complexity index is 1710. The Hall–Kier alpha value is -4.00. The van der Waals surface area contributed by atoms with Gasteiger partial charge in [0.2, 0.25) is 5.95 Å². The van der Waals surface area contributed by atoms with Gasteiger partial charge in [-0.25, -0.2) is 31.5 Å². The first kappa shape index (κ1) is 27.0. The minimum Gasteiger partial charge on any atom is -0.322 e. The molecule has 0 unspecified atom stereocenters. The van der Waals surface area contributed by atoms with E-state index in [0.717, 1.165) is 5.56 Å². The van der Waals surface area contributed by atoms with Crippen molar-refractivity contribution in [3.8, 4) is 0 Å². The van der Waals surface area contributed by atoms with Crippen molar-refractivity contribution in [1.29, 1.82) is 0 Å². The summed E-state index contributed by atoms with van der Waals surface area (Å²) < 4.78 is 55.2. The molecule has 3 N–H and O–H groups in total. The molecule has 1 aromatic heterocycles. The molecule has 196 valence electrons. The summed E-state index contributed by atoms with van der Waals surface area (Å²) >= 11 is 6.26. The number of sulfonamides is 2. The molecule has 0 bridgehead atoms. The van der Waals surface area contributed by atoms with Gasteiger partial charge in [-0.05, 0) is 74.5 Å². The van der Waals surface area contributed by atoms with Gasteiger partial charge in [0.05, 0.1) is 26.1 Å². The van der Waals surface area contributed by atoms with Gasteiger partial charge in [-0.1, -0.05) is 29.3 Å². The van der Waals surface area contributed by atoms with Crippen molar-refractivity contribution in [3.63, 3.8) is 0 Å². The van der Waals surface area contributed by atoms with Crippen LogP contribution in [0, 0.1) is 13.8 Å². The van der Waals surface area contributed by atoms with Gasteiger partial charge in [-0.15, -0.1) is 0 Å². The summed E-state index contributed by atoms with van der Waals surface area (Å²) in [7, 11) is -7.78. The zero-order chi connectivity index (χ0) is 27.5. The third kappa shape index (κ3) is 6.46. The van der Waals surface area contributed by atoms with E-state index >= 15 is 0 Å². The largest absolute Gasteiger partial charge is 0.322 e. The molecule has 1 amide bonds. The molecule has 0 spiro atoms. The van der Waals surface area contributed by atoms with Crippen molar-refractivity contribution in [2.24, 2.45) is 0 Å². The van der Waals surface area contributed by atoms with E-state index in [9.17, 15) is 21.6 Å². The number of carbonyl (C=O) groups is 1. The van der Waals surface area contributed by atoms with Crippen molar-refractivity contribution < 1.29 is 21.6 Å². The molecule has 0 saturated carbocycles. The lowest BCUT2D eigenvalue weighted by molar-refractivity contribution is 0.102. The maximum atomic E-state index is 12.8. The van der Waals surface area contributed by atoms with E-state index in [-0.39, 0.29) is 32.0 Å². The lowest BCUT2D eigenvalue weighted by Crippen LogP contribution is -2.16. The maximum Gasteiger partial charge on any atom is 0.264 e. The van der Waals surface area contributed by atoms with Crippen molar-refractivity contribution >= 4 is 54.9 Å². The Morgan fingerprint density at radius 3 is 1.95 bits per heavy atom. The second-order valence-electron chi connectivity index (χ2n) is 8.22. The van der Waals surface area contributed by atoms with Crippen LogP contribution in [-0.4, -0.2) is 32.7 Å². The number of rotatable bonds is 8. The number of anilines is 3. The van der Waals surface area contributed by atoms with Crippen LogP contribution in [0.5, 0.6) is 0 Å². The molecule has 0 fully saturated rings. The topological polar surface area (TPSA) is 147 Å².